The minimum atomic E-state index is -1.06. The number of alkyl carbamates (subject to hydrolysis) is 1. The lowest BCUT2D eigenvalue weighted by molar-refractivity contribution is -0.139. The predicted molar refractivity (Wildman–Crippen MR) is 79.0 cm³/mol. The van der Waals surface area contributed by atoms with Gasteiger partial charge in [0.25, 0.3) is 0 Å². The number of carboxylic acids is 1. The van der Waals surface area contributed by atoms with Crippen LogP contribution in [0, 0.1) is 0 Å². The Kier molecular flexibility index (Phi) is 7.89. The number of aliphatic carboxylic acids is 1. The summed E-state index contributed by atoms with van der Waals surface area (Å²) in [5.41, 5.74) is 6.41. The molecular weight excluding hydrogens is 272 g/mol. The number of unbranched alkanes of at least 4 members (excludes halogenated alkanes) is 1. The van der Waals surface area contributed by atoms with Crippen molar-refractivity contribution in [2.45, 2.75) is 31.7 Å². The Morgan fingerprint density at radius 3 is 2.57 bits per heavy atom. The van der Waals surface area contributed by atoms with Gasteiger partial charge in [-0.2, -0.15) is 0 Å². The summed E-state index contributed by atoms with van der Waals surface area (Å²) in [7, 11) is 0. The Morgan fingerprint density at radius 2 is 1.95 bits per heavy atom. The van der Waals surface area contributed by atoms with E-state index in [9.17, 15) is 9.59 Å². The van der Waals surface area contributed by atoms with Crippen LogP contribution in [-0.2, 0) is 16.0 Å². The van der Waals surface area contributed by atoms with Gasteiger partial charge in [0.1, 0.15) is 6.04 Å². The van der Waals surface area contributed by atoms with Crippen LogP contribution in [0.5, 0.6) is 0 Å². The SMILES string of the molecule is NCCCC[C@H](NC(=O)OCCc1ccccc1)C(=O)O. The number of hydrogen-bond donors (Lipinski definition) is 3. The number of hydrogen-bond acceptors (Lipinski definition) is 4. The molecule has 116 valence electrons. The fourth-order valence-electron chi connectivity index (χ4n) is 1.84. The Labute approximate surface area is 124 Å². The maximum absolute atomic E-state index is 11.6. The van der Waals surface area contributed by atoms with Gasteiger partial charge in [-0.1, -0.05) is 30.3 Å². The van der Waals surface area contributed by atoms with Crippen LogP contribution < -0.4 is 11.1 Å². The molecule has 1 amide bonds. The van der Waals surface area contributed by atoms with Crippen LogP contribution in [0.4, 0.5) is 4.79 Å². The molecule has 0 bridgehead atoms. The summed E-state index contributed by atoms with van der Waals surface area (Å²) in [6, 6.07) is 8.68. The summed E-state index contributed by atoms with van der Waals surface area (Å²) in [6.45, 7) is 0.721. The highest BCUT2D eigenvalue weighted by atomic mass is 16.5. The first-order valence-corrected chi connectivity index (χ1v) is 7.03. The molecule has 1 aromatic carbocycles. The average molecular weight is 294 g/mol. The number of ether oxygens (including phenoxy) is 1. The molecule has 0 saturated heterocycles. The molecule has 0 aliphatic carbocycles. The van der Waals surface area contributed by atoms with Crippen LogP contribution in [0.3, 0.4) is 0 Å². The normalized spacial score (nSPS) is 11.7. The van der Waals surface area contributed by atoms with E-state index in [1.165, 1.54) is 0 Å². The number of carbonyl (C=O) groups is 2. The van der Waals surface area contributed by atoms with E-state index in [4.69, 9.17) is 15.6 Å². The lowest BCUT2D eigenvalue weighted by atomic mass is 10.1. The molecule has 4 N–H and O–H groups in total. The molecule has 0 spiro atoms. The molecular formula is C15H22N2O4. The molecule has 6 heteroatoms. The third kappa shape index (κ3) is 7.31. The zero-order chi connectivity index (χ0) is 15.5. The average Bonchev–Trinajstić information content (AvgIpc) is 2.47. The van der Waals surface area contributed by atoms with Gasteiger partial charge >= 0.3 is 12.1 Å². The number of carboxylic acid groups (broad SMARTS) is 1. The van der Waals surface area contributed by atoms with Gasteiger partial charge in [0.05, 0.1) is 6.61 Å². The van der Waals surface area contributed by atoms with Crippen LogP contribution in [0.1, 0.15) is 24.8 Å². The van der Waals surface area contributed by atoms with Gasteiger partial charge in [-0.25, -0.2) is 9.59 Å². The highest BCUT2D eigenvalue weighted by Gasteiger charge is 2.19. The van der Waals surface area contributed by atoms with E-state index in [0.29, 0.717) is 25.8 Å². The van der Waals surface area contributed by atoms with Gasteiger partial charge in [-0.3, -0.25) is 0 Å². The number of nitrogens with one attached hydrogen (secondary N) is 1. The predicted octanol–water partition coefficient (Wildman–Crippen LogP) is 1.54. The first-order chi connectivity index (χ1) is 10.1. The van der Waals surface area contributed by atoms with Gasteiger partial charge < -0.3 is 20.9 Å². The van der Waals surface area contributed by atoms with Crippen molar-refractivity contribution < 1.29 is 19.4 Å². The highest BCUT2D eigenvalue weighted by Crippen LogP contribution is 2.02. The Morgan fingerprint density at radius 1 is 1.24 bits per heavy atom. The molecule has 0 heterocycles. The molecule has 1 aromatic rings. The molecule has 0 unspecified atom stereocenters. The van der Waals surface area contributed by atoms with Crippen molar-refractivity contribution in [3.63, 3.8) is 0 Å². The quantitative estimate of drug-likeness (QED) is 0.600. The second kappa shape index (κ2) is 9.77. The van der Waals surface area contributed by atoms with E-state index < -0.39 is 18.1 Å². The van der Waals surface area contributed by atoms with E-state index >= 15 is 0 Å². The Hall–Kier alpha value is -2.08. The van der Waals surface area contributed by atoms with E-state index in [2.05, 4.69) is 5.32 Å². The van der Waals surface area contributed by atoms with E-state index in [1.54, 1.807) is 0 Å². The monoisotopic (exact) mass is 294 g/mol. The number of carbonyl (C=O) groups excluding carboxylic acids is 1. The molecule has 1 rings (SSSR count). The summed E-state index contributed by atoms with van der Waals surface area (Å²) in [6.07, 6.45) is 1.62. The number of rotatable bonds is 9. The number of benzene rings is 1. The molecule has 21 heavy (non-hydrogen) atoms. The molecule has 0 aliphatic heterocycles. The first-order valence-electron chi connectivity index (χ1n) is 7.03. The van der Waals surface area contributed by atoms with E-state index in [1.807, 2.05) is 30.3 Å². The molecule has 0 radical (unpaired) electrons. The van der Waals surface area contributed by atoms with Gasteiger partial charge in [0, 0.05) is 6.42 Å². The van der Waals surface area contributed by atoms with Gasteiger partial charge in [-0.15, -0.1) is 0 Å². The zero-order valence-electron chi connectivity index (χ0n) is 12.0. The summed E-state index contributed by atoms with van der Waals surface area (Å²) >= 11 is 0. The minimum Gasteiger partial charge on any atom is -0.480 e. The van der Waals surface area contributed by atoms with Crippen molar-refractivity contribution in [1.82, 2.24) is 5.32 Å². The molecule has 6 nitrogen and oxygen atoms in total. The van der Waals surface area contributed by atoms with Crippen LogP contribution in [0.15, 0.2) is 30.3 Å². The Bertz CT molecular complexity index is 437. The molecule has 0 fully saturated rings. The summed E-state index contributed by atoms with van der Waals surface area (Å²) < 4.78 is 4.99. The van der Waals surface area contributed by atoms with Crippen molar-refractivity contribution in [3.05, 3.63) is 35.9 Å². The summed E-state index contributed by atoms with van der Waals surface area (Å²) in [4.78, 5) is 22.6. The maximum atomic E-state index is 11.6. The topological polar surface area (TPSA) is 102 Å². The third-order valence-electron chi connectivity index (χ3n) is 3.00. The summed E-state index contributed by atoms with van der Waals surface area (Å²) in [5, 5.41) is 11.4. The number of nitrogens with two attached hydrogens (primary N) is 1. The lowest BCUT2D eigenvalue weighted by Crippen LogP contribution is -2.41. The molecule has 0 aliphatic rings. The highest BCUT2D eigenvalue weighted by molar-refractivity contribution is 5.79. The van der Waals surface area contributed by atoms with Crippen LogP contribution >= 0.6 is 0 Å². The van der Waals surface area contributed by atoms with Crippen LogP contribution in [-0.4, -0.2) is 36.4 Å². The fraction of sp³-hybridized carbons (Fsp3) is 0.467. The van der Waals surface area contributed by atoms with Crippen molar-refractivity contribution in [1.29, 1.82) is 0 Å². The van der Waals surface area contributed by atoms with E-state index in [0.717, 1.165) is 12.0 Å². The molecule has 1 atom stereocenters. The van der Waals surface area contributed by atoms with Crippen molar-refractivity contribution >= 4 is 12.1 Å². The number of amides is 1. The fourth-order valence-corrected chi connectivity index (χ4v) is 1.84. The van der Waals surface area contributed by atoms with Gasteiger partial charge in [-0.05, 0) is 31.4 Å². The van der Waals surface area contributed by atoms with Crippen molar-refractivity contribution in [2.24, 2.45) is 5.73 Å². The van der Waals surface area contributed by atoms with E-state index in [-0.39, 0.29) is 6.61 Å². The minimum absolute atomic E-state index is 0.213. The van der Waals surface area contributed by atoms with Crippen molar-refractivity contribution in [3.8, 4) is 0 Å². The smallest absolute Gasteiger partial charge is 0.407 e. The first kappa shape index (κ1) is 17.0. The molecule has 0 saturated carbocycles. The lowest BCUT2D eigenvalue weighted by Gasteiger charge is -2.14. The molecule has 0 aromatic heterocycles. The van der Waals surface area contributed by atoms with Gasteiger partial charge in [0.2, 0.25) is 0 Å². The summed E-state index contributed by atoms with van der Waals surface area (Å²) in [5.74, 6) is -1.06. The zero-order valence-corrected chi connectivity index (χ0v) is 12.0. The third-order valence-corrected chi connectivity index (χ3v) is 3.00. The standard InChI is InChI=1S/C15H22N2O4/c16-10-5-4-8-13(14(18)19)17-15(20)21-11-9-12-6-2-1-3-7-12/h1-3,6-7,13H,4-5,8-11,16H2,(H,17,20)(H,18,19)/t13-/m0/s1. The van der Waals surface area contributed by atoms with Crippen LogP contribution in [0.2, 0.25) is 0 Å². The largest absolute Gasteiger partial charge is 0.480 e. The van der Waals surface area contributed by atoms with Gasteiger partial charge in [0.15, 0.2) is 0 Å². The Balaban J connectivity index is 2.28. The second-order valence-corrected chi connectivity index (χ2v) is 4.69. The second-order valence-electron chi connectivity index (χ2n) is 4.69. The maximum Gasteiger partial charge on any atom is 0.407 e. The van der Waals surface area contributed by atoms with Crippen LogP contribution in [0.25, 0.3) is 0 Å². The van der Waals surface area contributed by atoms with Crippen molar-refractivity contribution in [2.75, 3.05) is 13.2 Å².